The van der Waals surface area contributed by atoms with E-state index < -0.39 is 0 Å². The first kappa shape index (κ1) is 23.7. The minimum atomic E-state index is -0.0294. The summed E-state index contributed by atoms with van der Waals surface area (Å²) in [6.07, 6.45) is 2.42. The number of amides is 2. The van der Waals surface area contributed by atoms with Crippen molar-refractivity contribution in [1.82, 2.24) is 24.7 Å². The Balaban J connectivity index is 1.52. The Kier molecular flexibility index (Phi) is 6.86. The van der Waals surface area contributed by atoms with E-state index in [1.165, 1.54) is 5.56 Å². The van der Waals surface area contributed by atoms with Gasteiger partial charge >= 0.3 is 0 Å². The van der Waals surface area contributed by atoms with Gasteiger partial charge in [0.2, 0.25) is 0 Å². The molecule has 34 heavy (non-hydrogen) atoms. The molecule has 0 radical (unpaired) electrons. The number of rotatable bonds is 6. The molecule has 3 heterocycles. The van der Waals surface area contributed by atoms with Crippen LogP contribution in [0.1, 0.15) is 56.4 Å². The summed E-state index contributed by atoms with van der Waals surface area (Å²) in [6.45, 7) is 6.75. The number of carbonyl (C=O) groups excluding carboxylic acids is 2. The van der Waals surface area contributed by atoms with Crippen LogP contribution in [0.5, 0.6) is 0 Å². The average Bonchev–Trinajstić information content (AvgIpc) is 3.36. The molecule has 0 spiro atoms. The first-order valence-corrected chi connectivity index (χ1v) is 11.8. The van der Waals surface area contributed by atoms with Gasteiger partial charge in [0.15, 0.2) is 0 Å². The predicted octanol–water partition coefficient (Wildman–Crippen LogP) is 3.57. The van der Waals surface area contributed by atoms with Crippen LogP contribution in [0.25, 0.3) is 0 Å². The van der Waals surface area contributed by atoms with Gasteiger partial charge < -0.3 is 14.3 Å². The van der Waals surface area contributed by atoms with Gasteiger partial charge in [0.05, 0.1) is 11.4 Å². The van der Waals surface area contributed by atoms with E-state index >= 15 is 0 Å². The van der Waals surface area contributed by atoms with Crippen molar-refractivity contribution < 1.29 is 14.1 Å². The maximum Gasteiger partial charge on any atom is 0.272 e. The molecular weight excluding hydrogens is 430 g/mol. The molecule has 1 saturated heterocycles. The first-order valence-electron chi connectivity index (χ1n) is 11.8. The lowest BCUT2D eigenvalue weighted by atomic mass is 9.84. The second-order valence-corrected chi connectivity index (χ2v) is 9.30. The normalized spacial score (nSPS) is 15.4. The number of hydrogen-bond donors (Lipinski definition) is 0. The van der Waals surface area contributed by atoms with Crippen molar-refractivity contribution in [3.63, 3.8) is 0 Å². The zero-order valence-corrected chi connectivity index (χ0v) is 20.6. The minimum Gasteiger partial charge on any atom is -0.361 e. The van der Waals surface area contributed by atoms with E-state index in [2.05, 4.69) is 22.4 Å². The lowest BCUT2D eigenvalue weighted by Gasteiger charge is -2.40. The van der Waals surface area contributed by atoms with E-state index in [1.807, 2.05) is 48.0 Å². The topological polar surface area (TPSA) is 84.5 Å². The molecule has 0 N–H and O–H groups in total. The fourth-order valence-electron chi connectivity index (χ4n) is 5.05. The highest BCUT2D eigenvalue weighted by molar-refractivity contribution is 5.96. The molecule has 1 aliphatic rings. The number of likely N-dealkylation sites (tertiary alicyclic amines) is 1. The first-order chi connectivity index (χ1) is 16.3. The summed E-state index contributed by atoms with van der Waals surface area (Å²) in [4.78, 5) is 30.3. The lowest BCUT2D eigenvalue weighted by Crippen LogP contribution is -2.48. The quantitative estimate of drug-likeness (QED) is 0.558. The summed E-state index contributed by atoms with van der Waals surface area (Å²) in [6, 6.07) is 12.1. The number of benzene rings is 1. The predicted molar refractivity (Wildman–Crippen MR) is 129 cm³/mol. The van der Waals surface area contributed by atoms with Crippen LogP contribution in [0, 0.1) is 26.7 Å². The van der Waals surface area contributed by atoms with Crippen LogP contribution < -0.4 is 0 Å². The maximum atomic E-state index is 13.4. The van der Waals surface area contributed by atoms with E-state index in [9.17, 15) is 9.59 Å². The lowest BCUT2D eigenvalue weighted by molar-refractivity contribution is 0.0515. The Hall–Kier alpha value is -3.42. The van der Waals surface area contributed by atoms with Crippen molar-refractivity contribution in [2.45, 2.75) is 46.1 Å². The molecule has 1 unspecified atom stereocenters. The molecule has 180 valence electrons. The third-order valence-corrected chi connectivity index (χ3v) is 6.94. The van der Waals surface area contributed by atoms with Crippen LogP contribution in [0.2, 0.25) is 0 Å². The van der Waals surface area contributed by atoms with Gasteiger partial charge in [-0.2, -0.15) is 5.10 Å². The summed E-state index contributed by atoms with van der Waals surface area (Å²) in [5.74, 6) is 0.780. The molecule has 1 atom stereocenters. The fraction of sp³-hybridized carbons (Fsp3) is 0.462. The Morgan fingerprint density at radius 1 is 1.15 bits per heavy atom. The van der Waals surface area contributed by atoms with E-state index in [0.29, 0.717) is 35.8 Å². The van der Waals surface area contributed by atoms with Gasteiger partial charge in [-0.1, -0.05) is 35.5 Å². The molecule has 1 aliphatic heterocycles. The molecule has 8 nitrogen and oxygen atoms in total. The number of hydrogen-bond acceptors (Lipinski definition) is 5. The number of aryl methyl sites for hydroxylation is 4. The summed E-state index contributed by atoms with van der Waals surface area (Å²) >= 11 is 0. The van der Waals surface area contributed by atoms with Crippen molar-refractivity contribution in [2.24, 2.45) is 13.0 Å². The largest absolute Gasteiger partial charge is 0.361 e. The van der Waals surface area contributed by atoms with Crippen molar-refractivity contribution >= 4 is 11.8 Å². The molecule has 0 saturated carbocycles. The van der Waals surface area contributed by atoms with Gasteiger partial charge in [-0.15, -0.1) is 0 Å². The number of carbonyl (C=O) groups is 2. The Labute approximate surface area is 200 Å². The summed E-state index contributed by atoms with van der Waals surface area (Å²) in [7, 11) is 3.69. The number of aromatic nitrogens is 3. The van der Waals surface area contributed by atoms with Crippen molar-refractivity contribution in [1.29, 1.82) is 0 Å². The maximum absolute atomic E-state index is 13.4. The van der Waals surface area contributed by atoms with Crippen LogP contribution >= 0.6 is 0 Å². The van der Waals surface area contributed by atoms with Gasteiger partial charge in [0, 0.05) is 33.2 Å². The molecule has 0 bridgehead atoms. The third-order valence-electron chi connectivity index (χ3n) is 6.94. The minimum absolute atomic E-state index is 0.0152. The Bertz CT molecular complexity index is 1140. The highest BCUT2D eigenvalue weighted by Gasteiger charge is 2.35. The highest BCUT2D eigenvalue weighted by Crippen LogP contribution is 2.29. The smallest absolute Gasteiger partial charge is 0.272 e. The zero-order chi connectivity index (χ0) is 24.4. The molecule has 8 heteroatoms. The molecule has 2 amide bonds. The molecule has 2 aromatic heterocycles. The number of nitrogens with zero attached hydrogens (tertiary/aromatic N) is 5. The van der Waals surface area contributed by atoms with Crippen LogP contribution in [0.4, 0.5) is 0 Å². The molecule has 4 rings (SSSR count). The second-order valence-electron chi connectivity index (χ2n) is 9.30. The molecule has 1 aromatic carbocycles. The van der Waals surface area contributed by atoms with Gasteiger partial charge in [-0.05, 0) is 57.6 Å². The monoisotopic (exact) mass is 463 g/mol. The summed E-state index contributed by atoms with van der Waals surface area (Å²) in [5.41, 5.74) is 3.80. The van der Waals surface area contributed by atoms with Crippen LogP contribution in [0.3, 0.4) is 0 Å². The second kappa shape index (κ2) is 9.83. The van der Waals surface area contributed by atoms with Crippen LogP contribution in [0.15, 0.2) is 40.9 Å². The number of piperidine rings is 1. The Morgan fingerprint density at radius 3 is 2.38 bits per heavy atom. The van der Waals surface area contributed by atoms with Gasteiger partial charge in [-0.3, -0.25) is 14.3 Å². The fourth-order valence-corrected chi connectivity index (χ4v) is 5.05. The van der Waals surface area contributed by atoms with E-state index in [0.717, 1.165) is 25.0 Å². The van der Waals surface area contributed by atoms with E-state index in [-0.39, 0.29) is 23.8 Å². The zero-order valence-electron chi connectivity index (χ0n) is 20.6. The third kappa shape index (κ3) is 4.76. The van der Waals surface area contributed by atoms with Crippen LogP contribution in [-0.2, 0) is 13.5 Å². The standard InChI is InChI=1S/C26H33N5O3/c1-17-15-23(30(5)27-17)25(32)29(4)22(16-20-9-7-6-8-10-20)21-11-13-31(14-12-21)26(33)24-18(2)28-34-19(24)3/h6-10,15,21-22H,11-14,16H2,1-5H3. The summed E-state index contributed by atoms with van der Waals surface area (Å²) < 4.78 is 6.85. The van der Waals surface area contributed by atoms with Crippen LogP contribution in [-0.4, -0.2) is 62.7 Å². The van der Waals surface area contributed by atoms with Gasteiger partial charge in [0.25, 0.3) is 11.8 Å². The molecule has 0 aliphatic carbocycles. The molecule has 1 fully saturated rings. The number of likely N-dealkylation sites (N-methyl/N-ethyl adjacent to an activating group) is 1. The molecular formula is C26H33N5O3. The van der Waals surface area contributed by atoms with Crippen molar-refractivity contribution in [2.75, 3.05) is 20.1 Å². The van der Waals surface area contributed by atoms with E-state index in [1.54, 1.807) is 25.6 Å². The SMILES string of the molecule is Cc1cc(C(=O)N(C)C(Cc2ccccc2)C2CCN(C(=O)c3c(C)noc3C)CC2)n(C)n1. The summed E-state index contributed by atoms with van der Waals surface area (Å²) in [5, 5.41) is 8.28. The van der Waals surface area contributed by atoms with E-state index in [4.69, 9.17) is 4.52 Å². The van der Waals surface area contributed by atoms with Crippen molar-refractivity contribution in [3.05, 3.63) is 70.4 Å². The molecule has 3 aromatic rings. The average molecular weight is 464 g/mol. The Morgan fingerprint density at radius 2 is 1.82 bits per heavy atom. The van der Waals surface area contributed by atoms with Crippen molar-refractivity contribution in [3.8, 4) is 0 Å². The highest BCUT2D eigenvalue weighted by atomic mass is 16.5. The van der Waals surface area contributed by atoms with Gasteiger partial charge in [-0.25, -0.2) is 0 Å². The van der Waals surface area contributed by atoms with Gasteiger partial charge in [0.1, 0.15) is 17.0 Å².